The molecule has 0 saturated heterocycles. The first-order valence-corrected chi connectivity index (χ1v) is 8.26. The zero-order valence-electron chi connectivity index (χ0n) is 14.0. The predicted molar refractivity (Wildman–Crippen MR) is 95.2 cm³/mol. The minimum atomic E-state index is -0.219. The Labute approximate surface area is 149 Å². The molecule has 0 atom stereocenters. The summed E-state index contributed by atoms with van der Waals surface area (Å²) < 4.78 is 10.3. The number of amides is 2. The van der Waals surface area contributed by atoms with Crippen LogP contribution in [0.25, 0.3) is 0 Å². The number of methoxy groups -OCH3 is 2. The fourth-order valence-corrected chi connectivity index (χ4v) is 2.51. The summed E-state index contributed by atoms with van der Waals surface area (Å²) in [5, 5.41) is 13.7. The Balaban J connectivity index is 1.89. The SMILES string of the molecule is COc1ccc(NC(=O)CSc2ccc(NC(C)=O)nn2)cc1OC. The molecule has 2 rings (SSSR count). The summed E-state index contributed by atoms with van der Waals surface area (Å²) in [6.45, 7) is 1.39. The van der Waals surface area contributed by atoms with E-state index in [0.717, 1.165) is 0 Å². The average molecular weight is 362 g/mol. The van der Waals surface area contributed by atoms with Crippen LogP contribution in [0.15, 0.2) is 35.4 Å². The molecule has 1 heterocycles. The first-order valence-electron chi connectivity index (χ1n) is 7.28. The van der Waals surface area contributed by atoms with E-state index in [4.69, 9.17) is 9.47 Å². The number of carbonyl (C=O) groups excluding carboxylic acids is 2. The molecule has 0 aliphatic carbocycles. The molecule has 25 heavy (non-hydrogen) atoms. The number of nitrogens with zero attached hydrogens (tertiary/aromatic N) is 2. The second-order valence-corrected chi connectivity index (χ2v) is 5.84. The van der Waals surface area contributed by atoms with E-state index in [0.29, 0.717) is 28.0 Å². The third-order valence-corrected chi connectivity index (χ3v) is 3.88. The molecular weight excluding hydrogens is 344 g/mol. The maximum absolute atomic E-state index is 12.0. The van der Waals surface area contributed by atoms with Gasteiger partial charge in [0, 0.05) is 18.7 Å². The largest absolute Gasteiger partial charge is 0.493 e. The van der Waals surface area contributed by atoms with Crippen molar-refractivity contribution in [3.63, 3.8) is 0 Å². The summed E-state index contributed by atoms with van der Waals surface area (Å²) in [5.41, 5.74) is 0.607. The lowest BCUT2D eigenvalue weighted by Gasteiger charge is -2.10. The number of thioether (sulfide) groups is 1. The van der Waals surface area contributed by atoms with E-state index in [1.54, 1.807) is 37.4 Å². The van der Waals surface area contributed by atoms with Gasteiger partial charge in [-0.05, 0) is 24.3 Å². The van der Waals surface area contributed by atoms with Crippen molar-refractivity contribution in [1.29, 1.82) is 0 Å². The van der Waals surface area contributed by atoms with Crippen LogP contribution in [-0.2, 0) is 9.59 Å². The molecule has 1 aromatic heterocycles. The highest BCUT2D eigenvalue weighted by Crippen LogP contribution is 2.29. The minimum Gasteiger partial charge on any atom is -0.493 e. The molecule has 0 bridgehead atoms. The number of benzene rings is 1. The molecule has 8 nitrogen and oxygen atoms in total. The molecule has 0 unspecified atom stereocenters. The van der Waals surface area contributed by atoms with Gasteiger partial charge in [0.05, 0.1) is 20.0 Å². The first kappa shape index (κ1) is 18.5. The van der Waals surface area contributed by atoms with Crippen molar-refractivity contribution in [2.24, 2.45) is 0 Å². The van der Waals surface area contributed by atoms with E-state index in [1.165, 1.54) is 25.8 Å². The second kappa shape index (κ2) is 8.88. The van der Waals surface area contributed by atoms with Gasteiger partial charge in [-0.1, -0.05) is 11.8 Å². The van der Waals surface area contributed by atoms with Crippen LogP contribution >= 0.6 is 11.8 Å². The van der Waals surface area contributed by atoms with Gasteiger partial charge in [0.25, 0.3) is 0 Å². The zero-order chi connectivity index (χ0) is 18.2. The van der Waals surface area contributed by atoms with Gasteiger partial charge in [0.15, 0.2) is 17.3 Å². The van der Waals surface area contributed by atoms with E-state index in [2.05, 4.69) is 20.8 Å². The predicted octanol–water partition coefficient (Wildman–Crippen LogP) is 2.18. The molecule has 2 amide bonds. The van der Waals surface area contributed by atoms with E-state index in [-0.39, 0.29) is 17.6 Å². The first-order chi connectivity index (χ1) is 12.0. The number of carbonyl (C=O) groups is 2. The van der Waals surface area contributed by atoms with Crippen LogP contribution < -0.4 is 20.1 Å². The fourth-order valence-electron chi connectivity index (χ4n) is 1.89. The van der Waals surface area contributed by atoms with E-state index >= 15 is 0 Å². The fraction of sp³-hybridized carbons (Fsp3) is 0.250. The Morgan fingerprint density at radius 3 is 2.40 bits per heavy atom. The molecule has 132 valence electrons. The van der Waals surface area contributed by atoms with Crippen molar-refractivity contribution in [1.82, 2.24) is 10.2 Å². The third kappa shape index (κ3) is 5.64. The van der Waals surface area contributed by atoms with Crippen molar-refractivity contribution >= 4 is 35.1 Å². The molecule has 2 N–H and O–H groups in total. The van der Waals surface area contributed by atoms with Gasteiger partial charge < -0.3 is 20.1 Å². The lowest BCUT2D eigenvalue weighted by Crippen LogP contribution is -2.14. The topological polar surface area (TPSA) is 102 Å². The van der Waals surface area contributed by atoms with Gasteiger partial charge in [-0.2, -0.15) is 0 Å². The van der Waals surface area contributed by atoms with Gasteiger partial charge in [0.1, 0.15) is 5.03 Å². The van der Waals surface area contributed by atoms with Crippen molar-refractivity contribution in [3.05, 3.63) is 30.3 Å². The molecule has 0 fully saturated rings. The monoisotopic (exact) mass is 362 g/mol. The van der Waals surface area contributed by atoms with Crippen LogP contribution in [-0.4, -0.2) is 42.0 Å². The summed E-state index contributed by atoms with van der Waals surface area (Å²) in [5.74, 6) is 1.25. The van der Waals surface area contributed by atoms with Crippen molar-refractivity contribution in [3.8, 4) is 11.5 Å². The molecule has 9 heteroatoms. The lowest BCUT2D eigenvalue weighted by molar-refractivity contribution is -0.114. The van der Waals surface area contributed by atoms with Gasteiger partial charge >= 0.3 is 0 Å². The molecule has 0 spiro atoms. The molecule has 2 aromatic rings. The van der Waals surface area contributed by atoms with Crippen LogP contribution in [0.1, 0.15) is 6.92 Å². The Kier molecular flexibility index (Phi) is 6.58. The summed E-state index contributed by atoms with van der Waals surface area (Å²) >= 11 is 1.24. The van der Waals surface area contributed by atoms with Crippen LogP contribution in [0, 0.1) is 0 Å². The number of ether oxygens (including phenoxy) is 2. The highest BCUT2D eigenvalue weighted by molar-refractivity contribution is 7.99. The summed E-state index contributed by atoms with van der Waals surface area (Å²) in [6, 6.07) is 8.44. The quantitative estimate of drug-likeness (QED) is 0.728. The number of hydrogen-bond donors (Lipinski definition) is 2. The highest BCUT2D eigenvalue weighted by Gasteiger charge is 2.09. The normalized spacial score (nSPS) is 10.0. The molecule has 0 aliphatic rings. The van der Waals surface area contributed by atoms with Crippen molar-refractivity contribution in [2.45, 2.75) is 11.9 Å². The minimum absolute atomic E-state index is 0.169. The van der Waals surface area contributed by atoms with E-state index in [9.17, 15) is 9.59 Å². The highest BCUT2D eigenvalue weighted by atomic mass is 32.2. The number of nitrogens with one attached hydrogen (secondary N) is 2. The van der Waals surface area contributed by atoms with E-state index in [1.807, 2.05) is 0 Å². The maximum Gasteiger partial charge on any atom is 0.234 e. The van der Waals surface area contributed by atoms with Gasteiger partial charge in [-0.3, -0.25) is 9.59 Å². The Morgan fingerprint density at radius 1 is 1.04 bits per heavy atom. The van der Waals surface area contributed by atoms with Crippen LogP contribution in [0.2, 0.25) is 0 Å². The molecule has 0 radical (unpaired) electrons. The van der Waals surface area contributed by atoms with Gasteiger partial charge in [0.2, 0.25) is 11.8 Å². The molecule has 0 aliphatic heterocycles. The summed E-state index contributed by atoms with van der Waals surface area (Å²) in [4.78, 5) is 23.0. The maximum atomic E-state index is 12.0. The smallest absolute Gasteiger partial charge is 0.234 e. The third-order valence-electron chi connectivity index (χ3n) is 2.96. The number of aromatic nitrogens is 2. The Hall–Kier alpha value is -2.81. The Morgan fingerprint density at radius 2 is 1.80 bits per heavy atom. The second-order valence-electron chi connectivity index (χ2n) is 4.84. The summed E-state index contributed by atoms with van der Waals surface area (Å²) in [6.07, 6.45) is 0. The van der Waals surface area contributed by atoms with Gasteiger partial charge in [-0.25, -0.2) is 0 Å². The van der Waals surface area contributed by atoms with Gasteiger partial charge in [-0.15, -0.1) is 10.2 Å². The number of rotatable bonds is 7. The standard InChI is InChI=1S/C16H18N4O4S/c1-10(21)17-14-6-7-16(20-19-14)25-9-15(22)18-11-4-5-12(23-2)13(8-11)24-3/h4-8H,9H2,1-3H3,(H,18,22)(H,17,19,21). The average Bonchev–Trinajstić information content (AvgIpc) is 2.60. The lowest BCUT2D eigenvalue weighted by atomic mass is 10.2. The van der Waals surface area contributed by atoms with Crippen LogP contribution in [0.4, 0.5) is 11.5 Å². The van der Waals surface area contributed by atoms with Crippen molar-refractivity contribution < 1.29 is 19.1 Å². The zero-order valence-corrected chi connectivity index (χ0v) is 14.8. The van der Waals surface area contributed by atoms with Crippen LogP contribution in [0.3, 0.4) is 0 Å². The molecule has 1 aromatic carbocycles. The van der Waals surface area contributed by atoms with E-state index < -0.39 is 0 Å². The Bertz CT molecular complexity index is 752. The van der Waals surface area contributed by atoms with Crippen molar-refractivity contribution in [2.75, 3.05) is 30.6 Å². The number of anilines is 2. The summed E-state index contributed by atoms with van der Waals surface area (Å²) in [7, 11) is 3.08. The molecular formula is C16H18N4O4S. The van der Waals surface area contributed by atoms with Crippen LogP contribution in [0.5, 0.6) is 11.5 Å². The number of hydrogen-bond acceptors (Lipinski definition) is 7. The molecule has 0 saturated carbocycles.